The number of carbonyl (C=O) groups excluding carboxylic acids is 1. The molecule has 0 unspecified atom stereocenters. The van der Waals surface area contributed by atoms with Crippen LogP contribution in [-0.4, -0.2) is 34.6 Å². The van der Waals surface area contributed by atoms with Crippen LogP contribution in [0.15, 0.2) is 97.2 Å². The molecule has 0 spiro atoms. The van der Waals surface area contributed by atoms with Crippen molar-refractivity contribution < 1.29 is 37.0 Å². The van der Waals surface area contributed by atoms with Crippen molar-refractivity contribution in [2.75, 3.05) is 5.32 Å². The van der Waals surface area contributed by atoms with Gasteiger partial charge in [0, 0.05) is 22.7 Å². The number of aromatic carboxylic acids is 1. The second-order valence-corrected chi connectivity index (χ2v) is 9.97. The minimum Gasteiger partial charge on any atom is -0.478 e. The topological polar surface area (TPSA) is 101 Å². The van der Waals surface area contributed by atoms with Crippen molar-refractivity contribution in [3.05, 3.63) is 125 Å². The molecule has 2 amide bonds. The van der Waals surface area contributed by atoms with Crippen molar-refractivity contribution >= 4 is 40.3 Å². The molecule has 0 fully saturated rings. The fraction of sp³-hybridized carbons (Fsp3) is 0.167. The molecular formula is C30H24F4IN3O4. The second-order valence-electron chi connectivity index (χ2n) is 9.21. The molecular weight excluding hydrogens is 669 g/mol. The number of carboxylic acids is 1. The maximum Gasteiger partial charge on any atom is 0.461 e. The zero-order valence-corrected chi connectivity index (χ0v) is 23.9. The van der Waals surface area contributed by atoms with E-state index in [1.54, 1.807) is 36.5 Å². The standard InChI is InChI=1S/C30H24F4IN3O4/c31-27(32)30(33,34)42-24-8-4-7-22(15-24)29(16-19-5-2-1-3-6-19,25-14-9-20(17-35)18-36-25)38-28(41)37-23-12-10-21(11-13-23)26(39)40/h1-15,18,27H,16-17H2,(H,39,40)(H2,37,38,41)/t29-/m1/s1. The smallest absolute Gasteiger partial charge is 0.461 e. The van der Waals surface area contributed by atoms with Gasteiger partial charge in [-0.15, -0.1) is 0 Å². The third-order valence-electron chi connectivity index (χ3n) is 6.28. The van der Waals surface area contributed by atoms with E-state index in [0.29, 0.717) is 10.1 Å². The predicted molar refractivity (Wildman–Crippen MR) is 156 cm³/mol. The predicted octanol–water partition coefficient (Wildman–Crippen LogP) is 7.26. The zero-order chi connectivity index (χ0) is 30.3. The molecule has 0 aliphatic rings. The van der Waals surface area contributed by atoms with Gasteiger partial charge in [-0.1, -0.05) is 71.1 Å². The van der Waals surface area contributed by atoms with E-state index in [0.717, 1.165) is 23.3 Å². The van der Waals surface area contributed by atoms with Gasteiger partial charge in [0.2, 0.25) is 0 Å². The van der Waals surface area contributed by atoms with Gasteiger partial charge in [0.15, 0.2) is 0 Å². The Kier molecular flexibility index (Phi) is 9.66. The molecule has 1 heterocycles. The average Bonchev–Trinajstić information content (AvgIpc) is 2.97. The minimum absolute atomic E-state index is 0.0244. The molecule has 42 heavy (non-hydrogen) atoms. The van der Waals surface area contributed by atoms with Crippen LogP contribution in [-0.2, 0) is 16.4 Å². The fourth-order valence-electron chi connectivity index (χ4n) is 4.26. The number of alkyl halides is 5. The number of urea groups is 1. The van der Waals surface area contributed by atoms with Crippen molar-refractivity contribution in [2.24, 2.45) is 0 Å². The van der Waals surface area contributed by atoms with Crippen LogP contribution >= 0.6 is 22.6 Å². The number of carbonyl (C=O) groups is 2. The first-order valence-electron chi connectivity index (χ1n) is 12.5. The van der Waals surface area contributed by atoms with Crippen LogP contribution in [0.5, 0.6) is 5.75 Å². The van der Waals surface area contributed by atoms with E-state index in [1.807, 2.05) is 18.2 Å². The van der Waals surface area contributed by atoms with Gasteiger partial charge in [0.1, 0.15) is 11.3 Å². The fourth-order valence-corrected chi connectivity index (χ4v) is 4.71. The number of rotatable bonds is 11. The van der Waals surface area contributed by atoms with Gasteiger partial charge in [-0.2, -0.15) is 17.6 Å². The lowest BCUT2D eigenvalue weighted by Gasteiger charge is -2.36. The van der Waals surface area contributed by atoms with E-state index in [4.69, 9.17) is 5.11 Å². The molecule has 3 aromatic carbocycles. The molecule has 4 aromatic rings. The molecule has 0 radical (unpaired) electrons. The Morgan fingerprint density at radius 3 is 2.24 bits per heavy atom. The summed E-state index contributed by atoms with van der Waals surface area (Å²) in [7, 11) is 0. The van der Waals surface area contributed by atoms with Crippen LogP contribution < -0.4 is 15.4 Å². The summed E-state index contributed by atoms with van der Waals surface area (Å²) in [5.74, 6) is -1.67. The zero-order valence-electron chi connectivity index (χ0n) is 21.7. The first kappa shape index (κ1) is 30.8. The molecule has 0 saturated heterocycles. The third-order valence-corrected chi connectivity index (χ3v) is 7.16. The highest BCUT2D eigenvalue weighted by molar-refractivity contribution is 14.1. The van der Waals surface area contributed by atoms with E-state index in [2.05, 4.69) is 42.9 Å². The van der Waals surface area contributed by atoms with Crippen LogP contribution in [0, 0.1) is 0 Å². The van der Waals surface area contributed by atoms with Crippen molar-refractivity contribution in [3.63, 3.8) is 0 Å². The van der Waals surface area contributed by atoms with Gasteiger partial charge in [0.25, 0.3) is 0 Å². The van der Waals surface area contributed by atoms with Crippen molar-refractivity contribution in [1.29, 1.82) is 0 Å². The summed E-state index contributed by atoms with van der Waals surface area (Å²) >= 11 is 2.17. The summed E-state index contributed by atoms with van der Waals surface area (Å²) in [5, 5.41) is 14.7. The normalized spacial score (nSPS) is 12.8. The Morgan fingerprint density at radius 2 is 1.64 bits per heavy atom. The van der Waals surface area contributed by atoms with Crippen molar-refractivity contribution in [1.82, 2.24) is 10.3 Å². The quantitative estimate of drug-likeness (QED) is 0.0873. The summed E-state index contributed by atoms with van der Waals surface area (Å²) in [6.45, 7) is 0. The Balaban J connectivity index is 1.82. The molecule has 4 rings (SSSR count). The molecule has 0 aliphatic heterocycles. The maximum atomic E-state index is 13.8. The van der Waals surface area contributed by atoms with Gasteiger partial charge in [-0.05, 0) is 59.2 Å². The minimum atomic E-state index is -4.74. The molecule has 0 saturated carbocycles. The van der Waals surface area contributed by atoms with E-state index in [1.165, 1.54) is 30.3 Å². The van der Waals surface area contributed by atoms with Crippen molar-refractivity contribution in [3.8, 4) is 5.75 Å². The average molecular weight is 693 g/mol. The number of nitrogens with zero attached hydrogens (tertiary/aromatic N) is 1. The summed E-state index contributed by atoms with van der Waals surface area (Å²) < 4.78 is 58.6. The Bertz CT molecular complexity index is 1520. The molecule has 0 bridgehead atoms. The van der Waals surface area contributed by atoms with Gasteiger partial charge in [-0.25, -0.2) is 9.59 Å². The highest BCUT2D eigenvalue weighted by Gasteiger charge is 2.44. The van der Waals surface area contributed by atoms with Crippen LogP contribution in [0.2, 0.25) is 0 Å². The lowest BCUT2D eigenvalue weighted by molar-refractivity contribution is -0.253. The maximum absolute atomic E-state index is 13.8. The number of benzene rings is 3. The van der Waals surface area contributed by atoms with E-state index >= 15 is 0 Å². The summed E-state index contributed by atoms with van der Waals surface area (Å²) in [5.41, 5.74) is 1.02. The highest BCUT2D eigenvalue weighted by Crippen LogP contribution is 2.36. The first-order chi connectivity index (χ1) is 20.0. The van der Waals surface area contributed by atoms with Gasteiger partial charge in [-0.3, -0.25) is 4.98 Å². The molecule has 0 aliphatic carbocycles. The van der Waals surface area contributed by atoms with Crippen molar-refractivity contribution in [2.45, 2.75) is 28.9 Å². The molecule has 218 valence electrons. The lowest BCUT2D eigenvalue weighted by Crippen LogP contribution is -2.50. The molecule has 3 N–H and O–H groups in total. The first-order valence-corrected chi connectivity index (χ1v) is 14.0. The number of aromatic nitrogens is 1. The SMILES string of the molecule is O=C(Nc1ccc(C(=O)O)cc1)N[C@](Cc1ccccc1)(c1cccc(OC(F)(F)C(F)F)c1)c1ccc(CI)cn1. The van der Waals surface area contributed by atoms with Crippen LogP contribution in [0.1, 0.15) is 32.7 Å². The second kappa shape index (κ2) is 13.2. The number of ether oxygens (including phenoxy) is 1. The van der Waals surface area contributed by atoms with E-state index < -0.39 is 35.8 Å². The summed E-state index contributed by atoms with van der Waals surface area (Å²) in [4.78, 5) is 29.3. The number of hydrogen-bond donors (Lipinski definition) is 3. The molecule has 1 aromatic heterocycles. The van der Waals surface area contributed by atoms with Gasteiger partial charge in [0.05, 0.1) is 11.3 Å². The van der Waals surface area contributed by atoms with E-state index in [-0.39, 0.29) is 23.2 Å². The molecule has 7 nitrogen and oxygen atoms in total. The number of anilines is 1. The largest absolute Gasteiger partial charge is 0.478 e. The highest BCUT2D eigenvalue weighted by atomic mass is 127. The summed E-state index contributed by atoms with van der Waals surface area (Å²) in [6, 6.07) is 22.4. The molecule has 12 heteroatoms. The third kappa shape index (κ3) is 7.35. The Labute approximate surface area is 252 Å². The Hall–Kier alpha value is -4.20. The number of pyridine rings is 1. The number of amides is 2. The monoisotopic (exact) mass is 693 g/mol. The number of hydrogen-bond acceptors (Lipinski definition) is 4. The summed E-state index contributed by atoms with van der Waals surface area (Å²) in [6.07, 6.45) is -7.09. The van der Waals surface area contributed by atoms with Crippen LogP contribution in [0.25, 0.3) is 0 Å². The number of carboxylic acid groups (broad SMARTS) is 1. The number of nitrogens with one attached hydrogen (secondary N) is 2. The number of halogens is 5. The van der Waals surface area contributed by atoms with Gasteiger partial charge < -0.3 is 20.5 Å². The molecule has 1 atom stereocenters. The lowest BCUT2D eigenvalue weighted by atomic mass is 9.80. The van der Waals surface area contributed by atoms with Gasteiger partial charge >= 0.3 is 24.5 Å². The van der Waals surface area contributed by atoms with Crippen LogP contribution in [0.4, 0.5) is 28.0 Å². The van der Waals surface area contributed by atoms with E-state index in [9.17, 15) is 27.2 Å². The van der Waals surface area contributed by atoms with Crippen LogP contribution in [0.3, 0.4) is 0 Å². The Morgan fingerprint density at radius 1 is 0.929 bits per heavy atom.